The van der Waals surface area contributed by atoms with Crippen LogP contribution in [0, 0.1) is 11.8 Å². The van der Waals surface area contributed by atoms with Gasteiger partial charge in [-0.25, -0.2) is 0 Å². The van der Waals surface area contributed by atoms with Gasteiger partial charge in [0.25, 0.3) is 0 Å². The Bertz CT molecular complexity index is 885. The van der Waals surface area contributed by atoms with Gasteiger partial charge < -0.3 is 14.2 Å². The van der Waals surface area contributed by atoms with E-state index in [9.17, 15) is 14.4 Å². The van der Waals surface area contributed by atoms with Crippen LogP contribution in [0.2, 0.25) is 0 Å². The van der Waals surface area contributed by atoms with Crippen LogP contribution in [0.15, 0.2) is 0 Å². The molecule has 0 amide bonds. The molecule has 0 aliphatic heterocycles. The predicted octanol–water partition coefficient (Wildman–Crippen LogP) is 16.5. The van der Waals surface area contributed by atoms with Crippen molar-refractivity contribution in [2.75, 3.05) is 13.2 Å². The van der Waals surface area contributed by atoms with Crippen molar-refractivity contribution < 1.29 is 28.6 Å². The van der Waals surface area contributed by atoms with E-state index in [4.69, 9.17) is 14.2 Å². The molecule has 0 aromatic carbocycles. The number of carbonyl (C=O) groups is 3. The maximum atomic E-state index is 12.7. The number of esters is 3. The van der Waals surface area contributed by atoms with Crippen LogP contribution in [0.3, 0.4) is 0 Å². The minimum atomic E-state index is -0.761. The first-order chi connectivity index (χ1) is 28.2. The number of hydrogen-bond donors (Lipinski definition) is 0. The molecule has 1 atom stereocenters. The van der Waals surface area contributed by atoms with Crippen LogP contribution in [0.1, 0.15) is 285 Å². The number of carbonyl (C=O) groups excluding carboxylic acids is 3. The van der Waals surface area contributed by atoms with E-state index in [2.05, 4.69) is 34.6 Å². The average Bonchev–Trinajstić information content (AvgIpc) is 3.19. The molecule has 0 aromatic rings. The third kappa shape index (κ3) is 45.5. The average molecular weight is 821 g/mol. The second-order valence-corrected chi connectivity index (χ2v) is 18.8. The summed E-state index contributed by atoms with van der Waals surface area (Å²) in [5, 5.41) is 0. The molecule has 0 aliphatic rings. The Balaban J connectivity index is 4.21. The minimum absolute atomic E-state index is 0.0640. The van der Waals surface area contributed by atoms with E-state index in [0.29, 0.717) is 19.3 Å². The maximum absolute atomic E-state index is 12.7. The van der Waals surface area contributed by atoms with Crippen LogP contribution >= 0.6 is 0 Å². The molecule has 0 spiro atoms. The summed E-state index contributed by atoms with van der Waals surface area (Å²) in [6.45, 7) is 11.3. The van der Waals surface area contributed by atoms with Crippen LogP contribution in [-0.4, -0.2) is 37.2 Å². The van der Waals surface area contributed by atoms with Crippen molar-refractivity contribution in [1.82, 2.24) is 0 Å². The van der Waals surface area contributed by atoms with Gasteiger partial charge in [0.1, 0.15) is 13.2 Å². The Morgan fingerprint density at radius 2 is 0.569 bits per heavy atom. The highest BCUT2D eigenvalue weighted by Crippen LogP contribution is 2.17. The molecule has 58 heavy (non-hydrogen) atoms. The van der Waals surface area contributed by atoms with E-state index in [1.807, 2.05) is 0 Å². The first-order valence-electron chi connectivity index (χ1n) is 25.7. The molecule has 344 valence electrons. The van der Waals surface area contributed by atoms with Crippen molar-refractivity contribution in [2.24, 2.45) is 11.8 Å². The van der Waals surface area contributed by atoms with E-state index in [0.717, 1.165) is 69.6 Å². The predicted molar refractivity (Wildman–Crippen MR) is 247 cm³/mol. The topological polar surface area (TPSA) is 78.9 Å². The van der Waals surface area contributed by atoms with Crippen LogP contribution in [-0.2, 0) is 28.6 Å². The Morgan fingerprint density at radius 1 is 0.328 bits per heavy atom. The largest absolute Gasteiger partial charge is 0.462 e. The van der Waals surface area contributed by atoms with Gasteiger partial charge in [0, 0.05) is 19.3 Å². The summed E-state index contributed by atoms with van der Waals surface area (Å²) >= 11 is 0. The van der Waals surface area contributed by atoms with Gasteiger partial charge in [0.05, 0.1) is 0 Å². The van der Waals surface area contributed by atoms with Crippen molar-refractivity contribution in [1.29, 1.82) is 0 Å². The molecule has 0 heterocycles. The Hall–Kier alpha value is -1.59. The highest BCUT2D eigenvalue weighted by molar-refractivity contribution is 5.71. The molecular weight excluding hydrogens is 721 g/mol. The first-order valence-corrected chi connectivity index (χ1v) is 25.7. The third-order valence-corrected chi connectivity index (χ3v) is 11.7. The fourth-order valence-electron chi connectivity index (χ4n) is 7.81. The maximum Gasteiger partial charge on any atom is 0.306 e. The number of unbranched alkanes of at least 4 members (excludes halogenated alkanes) is 31. The molecule has 6 nitrogen and oxygen atoms in total. The highest BCUT2D eigenvalue weighted by atomic mass is 16.6. The summed E-state index contributed by atoms with van der Waals surface area (Å²) in [7, 11) is 0. The van der Waals surface area contributed by atoms with Gasteiger partial charge >= 0.3 is 17.9 Å². The lowest BCUT2D eigenvalue weighted by Gasteiger charge is -2.18. The fraction of sp³-hybridized carbons (Fsp3) is 0.942. The zero-order chi connectivity index (χ0) is 42.6. The summed E-state index contributed by atoms with van der Waals surface area (Å²) in [6, 6.07) is 0. The second-order valence-electron chi connectivity index (χ2n) is 18.8. The molecule has 0 bridgehead atoms. The molecule has 0 aliphatic carbocycles. The minimum Gasteiger partial charge on any atom is -0.462 e. The van der Waals surface area contributed by atoms with E-state index >= 15 is 0 Å². The number of hydrogen-bond acceptors (Lipinski definition) is 6. The van der Waals surface area contributed by atoms with Crippen molar-refractivity contribution in [3.8, 4) is 0 Å². The molecule has 0 N–H and O–H groups in total. The van der Waals surface area contributed by atoms with Crippen molar-refractivity contribution in [3.63, 3.8) is 0 Å². The first kappa shape index (κ1) is 56.4. The molecule has 0 saturated heterocycles. The zero-order valence-electron chi connectivity index (χ0n) is 39.7. The van der Waals surface area contributed by atoms with Gasteiger partial charge in [0.15, 0.2) is 6.10 Å². The molecule has 0 saturated carbocycles. The van der Waals surface area contributed by atoms with E-state index in [-0.39, 0.29) is 31.1 Å². The van der Waals surface area contributed by atoms with Crippen LogP contribution in [0.5, 0.6) is 0 Å². The van der Waals surface area contributed by atoms with Gasteiger partial charge in [-0.1, -0.05) is 247 Å². The lowest BCUT2D eigenvalue weighted by atomic mass is 10.0. The lowest BCUT2D eigenvalue weighted by molar-refractivity contribution is -0.167. The zero-order valence-corrected chi connectivity index (χ0v) is 39.7. The molecular formula is C52H100O6. The van der Waals surface area contributed by atoms with E-state index in [1.165, 1.54) is 173 Å². The smallest absolute Gasteiger partial charge is 0.306 e. The van der Waals surface area contributed by atoms with E-state index in [1.54, 1.807) is 0 Å². The highest BCUT2D eigenvalue weighted by Gasteiger charge is 2.19. The molecule has 6 heteroatoms. The summed E-state index contributed by atoms with van der Waals surface area (Å²) in [5.41, 5.74) is 0. The van der Waals surface area contributed by atoms with Gasteiger partial charge in [-0.15, -0.1) is 0 Å². The van der Waals surface area contributed by atoms with Crippen LogP contribution in [0.25, 0.3) is 0 Å². The van der Waals surface area contributed by atoms with Crippen LogP contribution < -0.4 is 0 Å². The molecule has 0 fully saturated rings. The summed E-state index contributed by atoms with van der Waals surface area (Å²) in [5.74, 6) is 0.798. The van der Waals surface area contributed by atoms with Gasteiger partial charge in [-0.05, 0) is 31.1 Å². The number of rotatable bonds is 46. The summed E-state index contributed by atoms with van der Waals surface area (Å²) in [4.78, 5) is 37.8. The van der Waals surface area contributed by atoms with Gasteiger partial charge in [0.2, 0.25) is 0 Å². The molecule has 0 aromatic heterocycles. The quantitative estimate of drug-likeness (QED) is 0.0346. The normalized spacial score (nSPS) is 12.1. The Labute approximate surface area is 361 Å². The second kappa shape index (κ2) is 44.9. The standard InChI is InChI=1S/C52H100O6/c1-6-7-8-9-10-11-21-29-34-39-44-52(55)58-49(46-57-51(54)43-38-33-28-24-23-26-31-36-41-48(4)5)45-56-50(53)42-37-32-27-22-19-17-15-13-12-14-16-18-20-25-30-35-40-47(2)3/h47-49H,6-46H2,1-5H3/t49-/m1/s1. The number of ether oxygens (including phenoxy) is 3. The van der Waals surface area contributed by atoms with Crippen molar-refractivity contribution in [3.05, 3.63) is 0 Å². The molecule has 0 rings (SSSR count). The SMILES string of the molecule is CCCCCCCCCCCCC(=O)O[C@H](COC(=O)CCCCCCCCCCCCCCCCCCC(C)C)COC(=O)CCCCCCCCCCC(C)C. The Kier molecular flexibility index (Phi) is 43.7. The molecule has 0 unspecified atom stereocenters. The van der Waals surface area contributed by atoms with Crippen LogP contribution in [0.4, 0.5) is 0 Å². The van der Waals surface area contributed by atoms with Crippen molar-refractivity contribution in [2.45, 2.75) is 291 Å². The summed E-state index contributed by atoms with van der Waals surface area (Å²) < 4.78 is 16.8. The Morgan fingerprint density at radius 3 is 0.845 bits per heavy atom. The molecule has 0 radical (unpaired) electrons. The lowest BCUT2D eigenvalue weighted by Crippen LogP contribution is -2.30. The summed E-state index contributed by atoms with van der Waals surface area (Å²) in [6.07, 6.45) is 45.3. The third-order valence-electron chi connectivity index (χ3n) is 11.7. The monoisotopic (exact) mass is 821 g/mol. The van der Waals surface area contributed by atoms with Crippen molar-refractivity contribution >= 4 is 17.9 Å². The van der Waals surface area contributed by atoms with Gasteiger partial charge in [-0.3, -0.25) is 14.4 Å². The fourth-order valence-corrected chi connectivity index (χ4v) is 7.81. The van der Waals surface area contributed by atoms with Gasteiger partial charge in [-0.2, -0.15) is 0 Å². The van der Waals surface area contributed by atoms with E-state index < -0.39 is 6.10 Å².